The summed E-state index contributed by atoms with van der Waals surface area (Å²) < 4.78 is 10.7. The molecule has 1 aromatic carbocycles. The van der Waals surface area contributed by atoms with E-state index >= 15 is 0 Å². The van der Waals surface area contributed by atoms with Crippen molar-refractivity contribution in [2.75, 3.05) is 7.11 Å². The lowest BCUT2D eigenvalue weighted by Crippen LogP contribution is -2.18. The van der Waals surface area contributed by atoms with Gasteiger partial charge in [-0.2, -0.15) is 0 Å². The minimum Gasteiger partial charge on any atom is -0.508 e. The molecule has 0 amide bonds. The Kier molecular flexibility index (Phi) is 6.41. The van der Waals surface area contributed by atoms with Crippen LogP contribution in [-0.2, 0) is 16.0 Å². The fraction of sp³-hybridized carbons (Fsp3) is 0.474. The molecule has 0 fully saturated rings. The Morgan fingerprint density at radius 3 is 2.75 bits per heavy atom. The van der Waals surface area contributed by atoms with Crippen LogP contribution in [0.1, 0.15) is 54.9 Å². The molecule has 0 saturated heterocycles. The second kappa shape index (κ2) is 8.52. The molecule has 0 bridgehead atoms. The summed E-state index contributed by atoms with van der Waals surface area (Å²) in [6, 6.07) is 2.77. The Morgan fingerprint density at radius 2 is 2.00 bits per heavy atom. The normalized spacial score (nSPS) is 21.3. The van der Waals surface area contributed by atoms with E-state index in [1.165, 1.54) is 19.2 Å². The SMILES string of the molecule is COc1cc(O)cc2c1C(=O)O[C@@H](C)CCCCC/C=C\C(=O)C2. The maximum atomic E-state index is 12.6. The Morgan fingerprint density at radius 1 is 1.21 bits per heavy atom. The van der Waals surface area contributed by atoms with Gasteiger partial charge >= 0.3 is 5.97 Å². The molecule has 5 nitrogen and oxygen atoms in total. The van der Waals surface area contributed by atoms with Crippen LogP contribution in [0.25, 0.3) is 0 Å². The van der Waals surface area contributed by atoms with Gasteiger partial charge < -0.3 is 14.6 Å². The van der Waals surface area contributed by atoms with Crippen molar-refractivity contribution in [3.8, 4) is 11.5 Å². The summed E-state index contributed by atoms with van der Waals surface area (Å²) in [7, 11) is 1.42. The van der Waals surface area contributed by atoms with Gasteiger partial charge in [-0.1, -0.05) is 12.5 Å². The minimum atomic E-state index is -0.525. The fourth-order valence-corrected chi connectivity index (χ4v) is 2.82. The van der Waals surface area contributed by atoms with Crippen molar-refractivity contribution >= 4 is 11.8 Å². The molecule has 1 aliphatic heterocycles. The van der Waals surface area contributed by atoms with E-state index in [1.807, 2.05) is 13.0 Å². The van der Waals surface area contributed by atoms with E-state index in [4.69, 9.17) is 9.47 Å². The number of methoxy groups -OCH3 is 1. The summed E-state index contributed by atoms with van der Waals surface area (Å²) >= 11 is 0. The molecular weight excluding hydrogens is 308 g/mol. The topological polar surface area (TPSA) is 72.8 Å². The number of ether oxygens (including phenoxy) is 2. The molecular formula is C19H24O5. The predicted octanol–water partition coefficient (Wildman–Crippen LogP) is 3.58. The third kappa shape index (κ3) is 4.85. The largest absolute Gasteiger partial charge is 0.508 e. The van der Waals surface area contributed by atoms with E-state index in [2.05, 4.69) is 0 Å². The minimum absolute atomic E-state index is 0.0140. The summed E-state index contributed by atoms with van der Waals surface area (Å²) in [6.07, 6.45) is 7.88. The van der Waals surface area contributed by atoms with Crippen molar-refractivity contribution in [1.29, 1.82) is 0 Å². The van der Waals surface area contributed by atoms with Crippen LogP contribution in [0.5, 0.6) is 11.5 Å². The summed E-state index contributed by atoms with van der Waals surface area (Å²) in [4.78, 5) is 24.7. The van der Waals surface area contributed by atoms with Gasteiger partial charge in [0.05, 0.1) is 13.2 Å². The Balaban J connectivity index is 2.41. The maximum absolute atomic E-state index is 12.6. The molecule has 2 rings (SSSR count). The van der Waals surface area contributed by atoms with Crippen LogP contribution in [0.2, 0.25) is 0 Å². The van der Waals surface area contributed by atoms with Gasteiger partial charge in [0, 0.05) is 12.5 Å². The summed E-state index contributed by atoms with van der Waals surface area (Å²) in [6.45, 7) is 1.86. The highest BCUT2D eigenvalue weighted by atomic mass is 16.5. The van der Waals surface area contributed by atoms with Crippen LogP contribution in [0.15, 0.2) is 24.3 Å². The van der Waals surface area contributed by atoms with Crippen LogP contribution >= 0.6 is 0 Å². The number of carbonyl (C=O) groups is 2. The number of phenols is 1. The zero-order chi connectivity index (χ0) is 17.5. The average Bonchev–Trinajstić information content (AvgIpc) is 2.52. The monoisotopic (exact) mass is 332 g/mol. The molecule has 1 aromatic rings. The molecule has 0 spiro atoms. The summed E-state index contributed by atoms with van der Waals surface area (Å²) in [5.41, 5.74) is 0.622. The zero-order valence-electron chi connectivity index (χ0n) is 14.2. The van der Waals surface area contributed by atoms with E-state index in [-0.39, 0.29) is 35.4 Å². The number of allylic oxidation sites excluding steroid dienone is 2. The third-order valence-electron chi connectivity index (χ3n) is 4.05. The number of hydrogen-bond donors (Lipinski definition) is 1. The molecule has 24 heavy (non-hydrogen) atoms. The van der Waals surface area contributed by atoms with Gasteiger partial charge in [0.15, 0.2) is 5.78 Å². The standard InChI is InChI=1S/C19H24O5/c1-13-8-6-4-3-5-7-9-15(20)10-14-11-16(21)12-17(23-2)18(14)19(22)24-13/h7,9,11-13,21H,3-6,8,10H2,1-2H3/b9-7-/t13-/m0/s1. The summed E-state index contributed by atoms with van der Waals surface area (Å²) in [5, 5.41) is 9.83. The van der Waals surface area contributed by atoms with Gasteiger partial charge in [0.2, 0.25) is 0 Å². The number of benzene rings is 1. The molecule has 1 aliphatic rings. The number of aromatic hydroxyl groups is 1. The van der Waals surface area contributed by atoms with Crippen molar-refractivity contribution in [2.45, 2.75) is 51.6 Å². The first-order valence-corrected chi connectivity index (χ1v) is 8.31. The van der Waals surface area contributed by atoms with Crippen LogP contribution in [0, 0.1) is 0 Å². The number of hydrogen-bond acceptors (Lipinski definition) is 5. The number of ketones is 1. The third-order valence-corrected chi connectivity index (χ3v) is 4.05. The quantitative estimate of drug-likeness (QED) is 0.796. The zero-order valence-corrected chi connectivity index (χ0v) is 14.2. The number of rotatable bonds is 1. The fourth-order valence-electron chi connectivity index (χ4n) is 2.82. The van der Waals surface area contributed by atoms with Crippen molar-refractivity contribution in [2.24, 2.45) is 0 Å². The Labute approximate surface area is 142 Å². The molecule has 0 radical (unpaired) electrons. The number of fused-ring (bicyclic) bond motifs is 1. The number of phenolic OH excluding ortho intramolecular Hbond substituents is 1. The number of cyclic esters (lactones) is 1. The molecule has 0 saturated carbocycles. The predicted molar refractivity (Wildman–Crippen MR) is 90.5 cm³/mol. The van der Waals surface area contributed by atoms with Crippen molar-refractivity contribution in [3.05, 3.63) is 35.4 Å². The van der Waals surface area contributed by atoms with Crippen LogP contribution in [0.4, 0.5) is 0 Å². The van der Waals surface area contributed by atoms with E-state index in [9.17, 15) is 14.7 Å². The van der Waals surface area contributed by atoms with Gasteiger partial charge in [-0.15, -0.1) is 0 Å². The van der Waals surface area contributed by atoms with E-state index in [0.29, 0.717) is 5.56 Å². The first kappa shape index (κ1) is 18.0. The lowest BCUT2D eigenvalue weighted by atomic mass is 9.99. The van der Waals surface area contributed by atoms with Gasteiger partial charge in [-0.25, -0.2) is 4.79 Å². The molecule has 0 aromatic heterocycles. The number of carbonyl (C=O) groups excluding carboxylic acids is 2. The Hall–Kier alpha value is -2.30. The maximum Gasteiger partial charge on any atom is 0.342 e. The molecule has 1 atom stereocenters. The van der Waals surface area contributed by atoms with Crippen molar-refractivity contribution in [1.82, 2.24) is 0 Å². The van der Waals surface area contributed by atoms with E-state index in [0.717, 1.165) is 32.1 Å². The molecule has 0 unspecified atom stereocenters. The highest BCUT2D eigenvalue weighted by Gasteiger charge is 2.23. The highest BCUT2D eigenvalue weighted by molar-refractivity contribution is 5.98. The molecule has 1 heterocycles. The van der Waals surface area contributed by atoms with Crippen LogP contribution < -0.4 is 4.74 Å². The Bertz CT molecular complexity index is 633. The lowest BCUT2D eigenvalue weighted by molar-refractivity contribution is -0.114. The van der Waals surface area contributed by atoms with Gasteiger partial charge in [0.1, 0.15) is 17.1 Å². The van der Waals surface area contributed by atoms with Gasteiger partial charge in [0.25, 0.3) is 0 Å². The number of esters is 1. The first-order valence-electron chi connectivity index (χ1n) is 8.31. The van der Waals surface area contributed by atoms with E-state index < -0.39 is 5.97 Å². The van der Waals surface area contributed by atoms with Crippen LogP contribution in [-0.4, -0.2) is 30.1 Å². The van der Waals surface area contributed by atoms with Gasteiger partial charge in [-0.05, 0) is 50.3 Å². The smallest absolute Gasteiger partial charge is 0.342 e. The van der Waals surface area contributed by atoms with Crippen molar-refractivity contribution in [3.63, 3.8) is 0 Å². The lowest BCUT2D eigenvalue weighted by Gasteiger charge is -2.17. The molecule has 5 heteroatoms. The first-order chi connectivity index (χ1) is 11.5. The average molecular weight is 332 g/mol. The van der Waals surface area contributed by atoms with E-state index in [1.54, 1.807) is 6.08 Å². The van der Waals surface area contributed by atoms with Gasteiger partial charge in [-0.3, -0.25) is 4.79 Å². The molecule has 130 valence electrons. The second-order valence-corrected chi connectivity index (χ2v) is 6.08. The second-order valence-electron chi connectivity index (χ2n) is 6.08. The van der Waals surface area contributed by atoms with Crippen LogP contribution in [0.3, 0.4) is 0 Å². The summed E-state index contributed by atoms with van der Waals surface area (Å²) in [5.74, 6) is -0.486. The molecule has 0 aliphatic carbocycles. The molecule has 1 N–H and O–H groups in total. The highest BCUT2D eigenvalue weighted by Crippen LogP contribution is 2.30. The van der Waals surface area contributed by atoms with Crippen molar-refractivity contribution < 1.29 is 24.2 Å².